The summed E-state index contributed by atoms with van der Waals surface area (Å²) >= 11 is 5.05. The highest BCUT2D eigenvalue weighted by molar-refractivity contribution is 9.11. The number of likely N-dealkylation sites (N-methyl/N-ethyl adjacent to an activating group) is 1. The molecule has 1 heterocycles. The lowest BCUT2D eigenvalue weighted by Crippen LogP contribution is -2.42. The van der Waals surface area contributed by atoms with E-state index in [9.17, 15) is 13.2 Å². The molecule has 0 aliphatic rings. The lowest BCUT2D eigenvalue weighted by Gasteiger charge is -2.23. The first-order chi connectivity index (χ1) is 10.2. The number of rotatable bonds is 6. The van der Waals surface area contributed by atoms with Gasteiger partial charge in [-0.1, -0.05) is 0 Å². The molecule has 1 N–H and O–H groups in total. The predicted octanol–water partition coefficient (Wildman–Crippen LogP) is 3.01. The summed E-state index contributed by atoms with van der Waals surface area (Å²) in [4.78, 5) is 8.48. The Kier molecular flexibility index (Phi) is 7.64. The molecule has 0 aliphatic heterocycles. The van der Waals surface area contributed by atoms with Gasteiger partial charge < -0.3 is 10.2 Å². The second-order valence-corrected chi connectivity index (χ2v) is 7.44. The van der Waals surface area contributed by atoms with Crippen molar-refractivity contribution in [2.24, 2.45) is 4.99 Å². The number of aliphatic imine (C=N–C) groups is 1. The molecule has 0 saturated heterocycles. The smallest absolute Gasteiger partial charge is 0.355 e. The van der Waals surface area contributed by atoms with Crippen molar-refractivity contribution in [3.05, 3.63) is 20.8 Å². The molecule has 126 valence electrons. The van der Waals surface area contributed by atoms with Gasteiger partial charge in [-0.15, -0.1) is 11.3 Å². The zero-order valence-electron chi connectivity index (χ0n) is 12.7. The van der Waals surface area contributed by atoms with Crippen LogP contribution in [0.1, 0.15) is 4.88 Å². The number of nitrogens with zero attached hydrogens (tertiary/aromatic N) is 3. The third kappa shape index (κ3) is 7.46. The van der Waals surface area contributed by atoms with Crippen molar-refractivity contribution in [3.8, 4) is 0 Å². The van der Waals surface area contributed by atoms with E-state index in [0.29, 0.717) is 19.0 Å². The maximum absolute atomic E-state index is 12.2. The molecule has 0 amide bonds. The van der Waals surface area contributed by atoms with E-state index in [1.165, 1.54) is 16.8 Å². The van der Waals surface area contributed by atoms with E-state index in [1.54, 1.807) is 18.4 Å². The molecule has 0 unspecified atom stereocenters. The third-order valence-corrected chi connectivity index (χ3v) is 4.43. The van der Waals surface area contributed by atoms with Crippen molar-refractivity contribution >= 4 is 33.2 Å². The third-order valence-electron chi connectivity index (χ3n) is 2.82. The average molecular weight is 401 g/mol. The summed E-state index contributed by atoms with van der Waals surface area (Å²) in [5.74, 6) is 0.657. The summed E-state index contributed by atoms with van der Waals surface area (Å²) in [7, 11) is 5.00. The predicted molar refractivity (Wildman–Crippen MR) is 88.4 cm³/mol. The summed E-state index contributed by atoms with van der Waals surface area (Å²) in [5, 5.41) is 3.07. The Balaban J connectivity index is 2.38. The van der Waals surface area contributed by atoms with Crippen LogP contribution in [-0.2, 0) is 6.54 Å². The van der Waals surface area contributed by atoms with Gasteiger partial charge in [0.2, 0.25) is 0 Å². The van der Waals surface area contributed by atoms with Crippen LogP contribution in [0.4, 0.5) is 13.2 Å². The molecule has 1 aromatic rings. The molecule has 0 saturated carbocycles. The Morgan fingerprint density at radius 2 is 2.05 bits per heavy atom. The van der Waals surface area contributed by atoms with Crippen LogP contribution in [0.25, 0.3) is 0 Å². The Labute approximate surface area is 141 Å². The van der Waals surface area contributed by atoms with Crippen molar-refractivity contribution in [3.63, 3.8) is 0 Å². The van der Waals surface area contributed by atoms with Gasteiger partial charge in [-0.25, -0.2) is 0 Å². The Hall–Kier alpha value is -0.800. The van der Waals surface area contributed by atoms with E-state index in [-0.39, 0.29) is 6.54 Å². The number of nitrogens with one attached hydrogen (secondary N) is 1. The molecule has 0 spiro atoms. The molecule has 0 radical (unpaired) electrons. The Bertz CT molecular complexity index is 490. The van der Waals surface area contributed by atoms with E-state index in [2.05, 4.69) is 26.2 Å². The molecular weight excluding hydrogens is 381 g/mol. The number of halogens is 4. The van der Waals surface area contributed by atoms with E-state index in [1.807, 2.05) is 24.1 Å². The van der Waals surface area contributed by atoms with Crippen molar-refractivity contribution in [2.45, 2.75) is 12.7 Å². The summed E-state index contributed by atoms with van der Waals surface area (Å²) in [6.07, 6.45) is -4.17. The number of alkyl halides is 3. The fraction of sp³-hybridized carbons (Fsp3) is 0.615. The monoisotopic (exact) mass is 400 g/mol. The van der Waals surface area contributed by atoms with Gasteiger partial charge in [0.1, 0.15) is 0 Å². The molecule has 0 atom stereocenters. The normalized spacial score (nSPS) is 12.8. The zero-order valence-corrected chi connectivity index (χ0v) is 15.1. The maximum atomic E-state index is 12.2. The molecule has 0 bridgehead atoms. The van der Waals surface area contributed by atoms with Gasteiger partial charge in [-0.3, -0.25) is 9.89 Å². The fourth-order valence-corrected chi connectivity index (χ4v) is 3.41. The first-order valence-electron chi connectivity index (χ1n) is 6.62. The van der Waals surface area contributed by atoms with Crippen molar-refractivity contribution < 1.29 is 13.2 Å². The maximum Gasteiger partial charge on any atom is 0.401 e. The lowest BCUT2D eigenvalue weighted by atomic mass is 10.4. The second kappa shape index (κ2) is 8.73. The van der Waals surface area contributed by atoms with E-state index < -0.39 is 12.7 Å². The average Bonchev–Trinajstić information content (AvgIpc) is 2.77. The van der Waals surface area contributed by atoms with Crippen molar-refractivity contribution in [1.29, 1.82) is 0 Å². The quantitative estimate of drug-likeness (QED) is 0.588. The van der Waals surface area contributed by atoms with Crippen molar-refractivity contribution in [2.75, 3.05) is 40.8 Å². The van der Waals surface area contributed by atoms with Crippen LogP contribution in [0.2, 0.25) is 0 Å². The number of hydrogen-bond donors (Lipinski definition) is 1. The Morgan fingerprint density at radius 1 is 1.36 bits per heavy atom. The molecule has 1 rings (SSSR count). The van der Waals surface area contributed by atoms with Crippen LogP contribution >= 0.6 is 27.3 Å². The van der Waals surface area contributed by atoms with Crippen LogP contribution < -0.4 is 5.32 Å². The van der Waals surface area contributed by atoms with Gasteiger partial charge in [-0.2, -0.15) is 13.2 Å². The van der Waals surface area contributed by atoms with E-state index >= 15 is 0 Å². The van der Waals surface area contributed by atoms with E-state index in [4.69, 9.17) is 0 Å². The molecular formula is C13H20BrF3N4S. The SMILES string of the molecule is CN=C(NCCN(C)CC(F)(F)F)N(C)Cc1ccc(Br)s1. The minimum atomic E-state index is -4.17. The molecule has 22 heavy (non-hydrogen) atoms. The molecule has 1 aromatic heterocycles. The minimum absolute atomic E-state index is 0.289. The lowest BCUT2D eigenvalue weighted by molar-refractivity contribution is -0.142. The van der Waals surface area contributed by atoms with Gasteiger partial charge in [0.25, 0.3) is 0 Å². The Morgan fingerprint density at radius 3 is 2.55 bits per heavy atom. The standard InChI is InChI=1S/C13H20BrF3N4S/c1-18-12(19-6-7-20(2)9-13(15,16)17)21(3)8-10-4-5-11(14)22-10/h4-5H,6-9H2,1-3H3,(H,18,19). The van der Waals surface area contributed by atoms with Crippen molar-refractivity contribution in [1.82, 2.24) is 15.1 Å². The van der Waals surface area contributed by atoms with Gasteiger partial charge >= 0.3 is 6.18 Å². The van der Waals surface area contributed by atoms with Gasteiger partial charge in [0, 0.05) is 32.1 Å². The highest BCUT2D eigenvalue weighted by atomic mass is 79.9. The summed E-state index contributed by atoms with van der Waals surface area (Å²) in [6, 6.07) is 4.01. The van der Waals surface area contributed by atoms with E-state index in [0.717, 1.165) is 3.79 Å². The van der Waals surface area contributed by atoms with Crippen LogP contribution in [0.5, 0.6) is 0 Å². The topological polar surface area (TPSA) is 30.9 Å². The summed E-state index contributed by atoms with van der Waals surface area (Å²) < 4.78 is 37.8. The summed E-state index contributed by atoms with van der Waals surface area (Å²) in [6.45, 7) is 0.468. The number of hydrogen-bond acceptors (Lipinski definition) is 3. The second-order valence-electron chi connectivity index (χ2n) is 4.89. The number of thiophene rings is 1. The van der Waals surface area contributed by atoms with Gasteiger partial charge in [0.15, 0.2) is 5.96 Å². The van der Waals surface area contributed by atoms with Crippen LogP contribution in [0, 0.1) is 0 Å². The molecule has 4 nitrogen and oxygen atoms in total. The van der Waals surface area contributed by atoms with Crippen LogP contribution in [0.15, 0.2) is 20.9 Å². The molecule has 0 aliphatic carbocycles. The first-order valence-corrected chi connectivity index (χ1v) is 8.23. The van der Waals surface area contributed by atoms with Crippen LogP contribution in [-0.4, -0.2) is 62.7 Å². The van der Waals surface area contributed by atoms with Crippen LogP contribution in [0.3, 0.4) is 0 Å². The number of guanidine groups is 1. The van der Waals surface area contributed by atoms with Gasteiger partial charge in [-0.05, 0) is 35.1 Å². The molecule has 9 heteroatoms. The summed E-state index contributed by atoms with van der Waals surface area (Å²) in [5.41, 5.74) is 0. The van der Waals surface area contributed by atoms with Gasteiger partial charge in [0.05, 0.1) is 16.9 Å². The molecule has 0 fully saturated rings. The highest BCUT2D eigenvalue weighted by Gasteiger charge is 2.28. The first kappa shape index (κ1) is 19.2. The fourth-order valence-electron chi connectivity index (χ4n) is 1.87. The zero-order chi connectivity index (χ0) is 16.8. The molecule has 0 aromatic carbocycles. The largest absolute Gasteiger partial charge is 0.401 e. The minimum Gasteiger partial charge on any atom is -0.355 e. The highest BCUT2D eigenvalue weighted by Crippen LogP contribution is 2.22.